The van der Waals surface area contributed by atoms with Crippen LogP contribution in [-0.4, -0.2) is 68.5 Å². The molecule has 1 atom stereocenters. The molecule has 0 amide bonds. The van der Waals surface area contributed by atoms with Crippen molar-refractivity contribution in [3.8, 4) is 5.75 Å². The number of hydrogen-bond acceptors (Lipinski definition) is 5. The van der Waals surface area contributed by atoms with Crippen LogP contribution in [0, 0.1) is 5.92 Å². The molecule has 0 aromatic heterocycles. The van der Waals surface area contributed by atoms with Crippen molar-refractivity contribution in [3.05, 3.63) is 54.1 Å². The summed E-state index contributed by atoms with van der Waals surface area (Å²) >= 11 is 0. The minimum absolute atomic E-state index is 0.301. The summed E-state index contributed by atoms with van der Waals surface area (Å²) in [5.41, 5.74) is 1.20. The van der Waals surface area contributed by atoms with Gasteiger partial charge in [-0.3, -0.25) is 9.69 Å². The number of allylic oxidation sites excluding steroid dienone is 1. The second-order valence-electron chi connectivity index (χ2n) is 8.43. The number of fused-ring (bicyclic) bond motifs is 1. The number of carboxylic acid groups (broad SMARTS) is 1. The lowest BCUT2D eigenvalue weighted by Crippen LogP contribution is -2.40. The Bertz CT molecular complexity index is 872. The van der Waals surface area contributed by atoms with Crippen molar-refractivity contribution >= 4 is 16.7 Å². The van der Waals surface area contributed by atoms with Crippen LogP contribution in [0.1, 0.15) is 26.2 Å². The van der Waals surface area contributed by atoms with E-state index in [9.17, 15) is 4.79 Å². The zero-order valence-electron chi connectivity index (χ0n) is 19.1. The van der Waals surface area contributed by atoms with Gasteiger partial charge in [-0.15, -0.1) is 0 Å². The monoisotopic (exact) mass is 440 g/mol. The summed E-state index contributed by atoms with van der Waals surface area (Å²) in [5.74, 6) is -0.134. The second kappa shape index (κ2) is 13.2. The lowest BCUT2D eigenvalue weighted by Gasteiger charge is -2.26. The van der Waals surface area contributed by atoms with E-state index < -0.39 is 5.97 Å². The maximum absolute atomic E-state index is 11.0. The molecule has 1 heterocycles. The molecular weight excluding hydrogens is 404 g/mol. The summed E-state index contributed by atoms with van der Waals surface area (Å²) < 4.78 is 11.6. The molecule has 6 nitrogen and oxygen atoms in total. The van der Waals surface area contributed by atoms with Gasteiger partial charge in [0.1, 0.15) is 12.4 Å². The standard InChI is InChI=1S/C26H36N2O4/c1-21(26(29)30)7-2-3-8-22(19-27-13-14-28-15-17-31-18-16-28)20-32-25-12-6-10-23-9-4-5-11-24(23)25/h4-6,8-12,21,27H,2-3,7,13-20H2,1H3,(H,29,30). The van der Waals surface area contributed by atoms with E-state index in [1.165, 1.54) is 11.0 Å². The van der Waals surface area contributed by atoms with Gasteiger partial charge in [0.15, 0.2) is 0 Å². The number of rotatable bonds is 13. The number of hydrogen-bond donors (Lipinski definition) is 2. The van der Waals surface area contributed by atoms with Crippen LogP contribution in [0.15, 0.2) is 54.1 Å². The lowest BCUT2D eigenvalue weighted by atomic mass is 10.0. The quantitative estimate of drug-likeness (QED) is 0.363. The summed E-state index contributed by atoms with van der Waals surface area (Å²) in [6.07, 6.45) is 4.62. The van der Waals surface area contributed by atoms with Crippen LogP contribution in [0.25, 0.3) is 10.8 Å². The van der Waals surface area contributed by atoms with Gasteiger partial charge in [0.25, 0.3) is 0 Å². The first-order valence-corrected chi connectivity index (χ1v) is 11.7. The van der Waals surface area contributed by atoms with Crippen LogP contribution >= 0.6 is 0 Å². The molecule has 3 rings (SSSR count). The van der Waals surface area contributed by atoms with Crippen LogP contribution in [0.2, 0.25) is 0 Å². The van der Waals surface area contributed by atoms with Gasteiger partial charge in [0.05, 0.1) is 19.1 Å². The first-order valence-electron chi connectivity index (χ1n) is 11.7. The van der Waals surface area contributed by atoms with E-state index in [1.54, 1.807) is 6.92 Å². The predicted molar refractivity (Wildman–Crippen MR) is 128 cm³/mol. The van der Waals surface area contributed by atoms with E-state index in [0.717, 1.165) is 69.9 Å². The third-order valence-corrected chi connectivity index (χ3v) is 5.92. The Balaban J connectivity index is 1.53. The second-order valence-corrected chi connectivity index (χ2v) is 8.43. The fourth-order valence-corrected chi connectivity index (χ4v) is 3.84. The molecule has 2 N–H and O–H groups in total. The maximum atomic E-state index is 11.0. The largest absolute Gasteiger partial charge is 0.489 e. The van der Waals surface area contributed by atoms with E-state index >= 15 is 0 Å². The number of morpholine rings is 1. The van der Waals surface area contributed by atoms with Crippen LogP contribution < -0.4 is 10.1 Å². The summed E-state index contributed by atoms with van der Waals surface area (Å²) in [6.45, 7) is 8.61. The summed E-state index contributed by atoms with van der Waals surface area (Å²) in [7, 11) is 0. The molecule has 0 bridgehead atoms. The highest BCUT2D eigenvalue weighted by Crippen LogP contribution is 2.25. The number of unbranched alkanes of at least 4 members (excludes halogenated alkanes) is 1. The maximum Gasteiger partial charge on any atom is 0.306 e. The van der Waals surface area contributed by atoms with Crippen LogP contribution in [-0.2, 0) is 9.53 Å². The molecule has 2 aromatic rings. The summed E-state index contributed by atoms with van der Waals surface area (Å²) in [4.78, 5) is 13.5. The molecule has 1 fully saturated rings. The molecule has 0 aliphatic carbocycles. The summed E-state index contributed by atoms with van der Waals surface area (Å²) in [6, 6.07) is 14.4. The van der Waals surface area contributed by atoms with E-state index in [1.807, 2.05) is 24.3 Å². The highest BCUT2D eigenvalue weighted by Gasteiger charge is 2.11. The van der Waals surface area contributed by atoms with Crippen molar-refractivity contribution in [1.29, 1.82) is 0 Å². The molecule has 0 spiro atoms. The molecular formula is C26H36N2O4. The number of carbonyl (C=O) groups is 1. The smallest absolute Gasteiger partial charge is 0.306 e. The van der Waals surface area contributed by atoms with E-state index in [-0.39, 0.29) is 5.92 Å². The van der Waals surface area contributed by atoms with Gasteiger partial charge in [0.2, 0.25) is 0 Å². The third-order valence-electron chi connectivity index (χ3n) is 5.92. The normalized spacial score (nSPS) is 16.2. The average molecular weight is 441 g/mol. The fraction of sp³-hybridized carbons (Fsp3) is 0.500. The third kappa shape index (κ3) is 7.93. The van der Waals surface area contributed by atoms with Crippen molar-refractivity contribution in [3.63, 3.8) is 0 Å². The lowest BCUT2D eigenvalue weighted by molar-refractivity contribution is -0.141. The minimum atomic E-state index is -0.724. The van der Waals surface area contributed by atoms with Gasteiger partial charge < -0.3 is 19.9 Å². The molecule has 32 heavy (non-hydrogen) atoms. The highest BCUT2D eigenvalue weighted by molar-refractivity contribution is 5.88. The number of benzene rings is 2. The fourth-order valence-electron chi connectivity index (χ4n) is 3.84. The summed E-state index contributed by atoms with van der Waals surface area (Å²) in [5, 5.41) is 14.9. The molecule has 174 valence electrons. The number of aliphatic carboxylic acids is 1. The molecule has 2 aromatic carbocycles. The Labute approximate surface area is 191 Å². The first-order chi connectivity index (χ1) is 15.6. The van der Waals surface area contributed by atoms with E-state index in [2.05, 4.69) is 34.5 Å². The van der Waals surface area contributed by atoms with Gasteiger partial charge in [-0.05, 0) is 36.3 Å². The number of carboxylic acids is 1. The van der Waals surface area contributed by atoms with Gasteiger partial charge in [0, 0.05) is 38.1 Å². The van der Waals surface area contributed by atoms with E-state index in [4.69, 9.17) is 14.6 Å². The first kappa shape index (κ1) is 24.2. The Morgan fingerprint density at radius 2 is 2.00 bits per heavy atom. The van der Waals surface area contributed by atoms with Crippen molar-refractivity contribution in [1.82, 2.24) is 10.2 Å². The Kier molecular flexibility index (Phi) is 10.0. The number of nitrogens with zero attached hydrogens (tertiary/aromatic N) is 1. The zero-order valence-corrected chi connectivity index (χ0v) is 19.1. The van der Waals surface area contributed by atoms with Gasteiger partial charge in [-0.25, -0.2) is 0 Å². The topological polar surface area (TPSA) is 71.0 Å². The van der Waals surface area contributed by atoms with Crippen molar-refractivity contribution < 1.29 is 19.4 Å². The van der Waals surface area contributed by atoms with Gasteiger partial charge in [-0.2, -0.15) is 0 Å². The van der Waals surface area contributed by atoms with E-state index in [0.29, 0.717) is 13.0 Å². The minimum Gasteiger partial charge on any atom is -0.489 e. The van der Waals surface area contributed by atoms with Crippen LogP contribution in [0.3, 0.4) is 0 Å². The Morgan fingerprint density at radius 1 is 1.22 bits per heavy atom. The molecule has 1 unspecified atom stereocenters. The van der Waals surface area contributed by atoms with Crippen molar-refractivity contribution in [2.45, 2.75) is 26.2 Å². The molecule has 1 aliphatic heterocycles. The molecule has 1 aliphatic rings. The van der Waals surface area contributed by atoms with Gasteiger partial charge >= 0.3 is 5.97 Å². The van der Waals surface area contributed by atoms with Gasteiger partial charge in [-0.1, -0.05) is 49.4 Å². The highest BCUT2D eigenvalue weighted by atomic mass is 16.5. The Hall–Kier alpha value is -2.41. The zero-order chi connectivity index (χ0) is 22.6. The predicted octanol–water partition coefficient (Wildman–Crippen LogP) is 3.96. The average Bonchev–Trinajstić information content (AvgIpc) is 2.82. The molecule has 0 saturated carbocycles. The number of nitrogens with one attached hydrogen (secondary N) is 1. The molecule has 6 heteroatoms. The van der Waals surface area contributed by atoms with Crippen molar-refractivity contribution in [2.24, 2.45) is 5.92 Å². The van der Waals surface area contributed by atoms with Crippen LogP contribution in [0.5, 0.6) is 5.75 Å². The number of ether oxygens (including phenoxy) is 2. The molecule has 1 saturated heterocycles. The van der Waals surface area contributed by atoms with Crippen molar-refractivity contribution in [2.75, 3.05) is 52.5 Å². The molecule has 0 radical (unpaired) electrons. The van der Waals surface area contributed by atoms with Crippen LogP contribution in [0.4, 0.5) is 0 Å². The Morgan fingerprint density at radius 3 is 2.81 bits per heavy atom. The SMILES string of the molecule is CC(CCCC=C(CNCCN1CCOCC1)COc1cccc2ccccc12)C(=O)O.